The van der Waals surface area contributed by atoms with Crippen molar-refractivity contribution in [2.45, 2.75) is 74.3 Å². The van der Waals surface area contributed by atoms with E-state index in [1.165, 1.54) is 6.42 Å². The van der Waals surface area contributed by atoms with Gasteiger partial charge in [0.2, 0.25) is 0 Å². The first kappa shape index (κ1) is 16.0. The van der Waals surface area contributed by atoms with Crippen LogP contribution in [0.1, 0.15) is 68.2 Å². The van der Waals surface area contributed by atoms with Crippen molar-refractivity contribution in [1.82, 2.24) is 0 Å². The first-order valence-electron chi connectivity index (χ1n) is 6.81. The highest BCUT2D eigenvalue weighted by Gasteiger charge is 2.40. The number of hydrogen-bond acceptors (Lipinski definition) is 1. The normalized spacial score (nSPS) is 19.3. The molecule has 0 aliphatic carbocycles. The Balaban J connectivity index is 5.16. The molecule has 0 aromatic rings. The van der Waals surface area contributed by atoms with Crippen molar-refractivity contribution in [2.75, 3.05) is 0 Å². The molecule has 0 heterocycles. The minimum atomic E-state index is 0.295. The molecule has 0 aliphatic heterocycles. The molecule has 3 unspecified atom stereocenters. The van der Waals surface area contributed by atoms with E-state index in [0.717, 1.165) is 6.42 Å². The smallest absolute Gasteiger partial charge is 0.00723 e. The summed E-state index contributed by atoms with van der Waals surface area (Å²) in [5.74, 6) is 1.30. The molecule has 1 heteroatoms. The summed E-state index contributed by atoms with van der Waals surface area (Å²) in [6.45, 7) is 18.6. The standard InChI is InChI=1S/C15H33N/c1-9-11(14(3,4)5)13(12(16)10-2)15(6,7)8/h11-13H,9-10,16H2,1-8H3. The molecule has 2 N–H and O–H groups in total. The van der Waals surface area contributed by atoms with Gasteiger partial charge in [0, 0.05) is 6.04 Å². The fourth-order valence-electron chi connectivity index (χ4n) is 3.20. The monoisotopic (exact) mass is 227 g/mol. The third-order valence-electron chi connectivity index (χ3n) is 3.92. The summed E-state index contributed by atoms with van der Waals surface area (Å²) >= 11 is 0. The molecule has 0 aromatic carbocycles. The van der Waals surface area contributed by atoms with Gasteiger partial charge in [0.1, 0.15) is 0 Å². The van der Waals surface area contributed by atoms with E-state index in [2.05, 4.69) is 55.4 Å². The molecule has 0 bridgehead atoms. The Kier molecular flexibility index (Phi) is 5.52. The first-order valence-corrected chi connectivity index (χ1v) is 6.81. The molecule has 0 spiro atoms. The average Bonchev–Trinajstić information content (AvgIpc) is 2.08. The molecule has 98 valence electrons. The van der Waals surface area contributed by atoms with Crippen LogP contribution < -0.4 is 5.73 Å². The minimum Gasteiger partial charge on any atom is -0.327 e. The fraction of sp³-hybridized carbons (Fsp3) is 1.00. The van der Waals surface area contributed by atoms with Gasteiger partial charge in [-0.15, -0.1) is 0 Å². The maximum absolute atomic E-state index is 6.38. The van der Waals surface area contributed by atoms with E-state index in [4.69, 9.17) is 5.73 Å². The molecular formula is C15H33N. The maximum Gasteiger partial charge on any atom is 0.00723 e. The predicted molar refractivity (Wildman–Crippen MR) is 74.4 cm³/mol. The van der Waals surface area contributed by atoms with E-state index in [0.29, 0.717) is 28.7 Å². The van der Waals surface area contributed by atoms with Gasteiger partial charge in [0.15, 0.2) is 0 Å². The van der Waals surface area contributed by atoms with E-state index < -0.39 is 0 Å². The Hall–Kier alpha value is -0.0400. The quantitative estimate of drug-likeness (QED) is 0.754. The van der Waals surface area contributed by atoms with Crippen LogP contribution in [-0.4, -0.2) is 6.04 Å². The molecule has 0 saturated heterocycles. The van der Waals surface area contributed by atoms with Crippen molar-refractivity contribution >= 4 is 0 Å². The minimum absolute atomic E-state index is 0.295. The molecule has 0 rings (SSSR count). The second-order valence-corrected chi connectivity index (χ2v) is 7.34. The predicted octanol–water partition coefficient (Wildman–Crippen LogP) is 4.46. The van der Waals surface area contributed by atoms with Gasteiger partial charge in [-0.3, -0.25) is 0 Å². The summed E-state index contributed by atoms with van der Waals surface area (Å²) in [6.07, 6.45) is 2.30. The van der Waals surface area contributed by atoms with Gasteiger partial charge in [0.05, 0.1) is 0 Å². The molecule has 16 heavy (non-hydrogen) atoms. The highest BCUT2D eigenvalue weighted by Crippen LogP contribution is 2.44. The van der Waals surface area contributed by atoms with Gasteiger partial charge < -0.3 is 5.73 Å². The van der Waals surface area contributed by atoms with Crippen LogP contribution in [0.25, 0.3) is 0 Å². The zero-order valence-corrected chi connectivity index (χ0v) is 12.7. The van der Waals surface area contributed by atoms with Crippen LogP contribution in [0.5, 0.6) is 0 Å². The van der Waals surface area contributed by atoms with Crippen molar-refractivity contribution < 1.29 is 0 Å². The number of hydrogen-bond donors (Lipinski definition) is 1. The van der Waals surface area contributed by atoms with Crippen LogP contribution in [0, 0.1) is 22.7 Å². The topological polar surface area (TPSA) is 26.0 Å². The molecule has 0 aromatic heterocycles. The molecule has 0 fully saturated rings. The summed E-state index contributed by atoms with van der Waals surface area (Å²) in [6, 6.07) is 0.323. The van der Waals surface area contributed by atoms with Gasteiger partial charge in [-0.05, 0) is 29.1 Å². The molecule has 0 saturated carbocycles. The summed E-state index contributed by atoms with van der Waals surface area (Å²) in [4.78, 5) is 0. The average molecular weight is 227 g/mol. The second kappa shape index (κ2) is 5.53. The highest BCUT2D eigenvalue weighted by molar-refractivity contribution is 4.91. The molecule has 1 nitrogen and oxygen atoms in total. The van der Waals surface area contributed by atoms with Crippen LogP contribution in [0.2, 0.25) is 0 Å². The first-order chi connectivity index (χ1) is 7.05. The number of nitrogens with two attached hydrogens (primary N) is 1. The van der Waals surface area contributed by atoms with E-state index in [-0.39, 0.29) is 0 Å². The Morgan fingerprint density at radius 2 is 1.25 bits per heavy atom. The number of rotatable bonds is 4. The second-order valence-electron chi connectivity index (χ2n) is 7.34. The third kappa shape index (κ3) is 4.08. The van der Waals surface area contributed by atoms with Crippen molar-refractivity contribution in [2.24, 2.45) is 28.4 Å². The van der Waals surface area contributed by atoms with E-state index in [9.17, 15) is 0 Å². The van der Waals surface area contributed by atoms with Crippen LogP contribution in [0.3, 0.4) is 0 Å². The summed E-state index contributed by atoms with van der Waals surface area (Å²) in [5.41, 5.74) is 7.02. The van der Waals surface area contributed by atoms with E-state index >= 15 is 0 Å². The van der Waals surface area contributed by atoms with Crippen molar-refractivity contribution in [3.05, 3.63) is 0 Å². The van der Waals surface area contributed by atoms with Crippen LogP contribution in [0.4, 0.5) is 0 Å². The molecule has 3 atom stereocenters. The lowest BCUT2D eigenvalue weighted by molar-refractivity contribution is 0.0467. The van der Waals surface area contributed by atoms with Gasteiger partial charge in [-0.2, -0.15) is 0 Å². The lowest BCUT2D eigenvalue weighted by atomic mass is 9.60. The molecule has 0 radical (unpaired) electrons. The maximum atomic E-state index is 6.38. The Morgan fingerprint density at radius 1 is 0.812 bits per heavy atom. The largest absolute Gasteiger partial charge is 0.327 e. The zero-order valence-electron chi connectivity index (χ0n) is 12.7. The van der Waals surface area contributed by atoms with Crippen molar-refractivity contribution in [3.63, 3.8) is 0 Å². The molecule has 0 aliphatic rings. The van der Waals surface area contributed by atoms with Crippen LogP contribution >= 0.6 is 0 Å². The fourth-order valence-corrected chi connectivity index (χ4v) is 3.20. The van der Waals surface area contributed by atoms with E-state index in [1.54, 1.807) is 0 Å². The summed E-state index contributed by atoms with van der Waals surface area (Å²) in [5, 5.41) is 0. The van der Waals surface area contributed by atoms with Gasteiger partial charge in [-0.1, -0.05) is 61.8 Å². The lowest BCUT2D eigenvalue weighted by Crippen LogP contribution is -2.46. The zero-order chi connectivity index (χ0) is 13.1. The van der Waals surface area contributed by atoms with Crippen molar-refractivity contribution in [3.8, 4) is 0 Å². The molecule has 0 amide bonds. The highest BCUT2D eigenvalue weighted by atomic mass is 14.7. The Labute approximate surface area is 103 Å². The Morgan fingerprint density at radius 3 is 1.44 bits per heavy atom. The molecular weight excluding hydrogens is 194 g/mol. The Bertz CT molecular complexity index is 194. The van der Waals surface area contributed by atoms with Crippen LogP contribution in [-0.2, 0) is 0 Å². The van der Waals surface area contributed by atoms with Crippen molar-refractivity contribution in [1.29, 1.82) is 0 Å². The SMILES string of the molecule is CCC(N)C(C(CC)C(C)(C)C)C(C)(C)C. The van der Waals surface area contributed by atoms with Gasteiger partial charge in [-0.25, -0.2) is 0 Å². The van der Waals surface area contributed by atoms with Gasteiger partial charge in [0.25, 0.3) is 0 Å². The third-order valence-corrected chi connectivity index (χ3v) is 3.92. The lowest BCUT2D eigenvalue weighted by Gasteiger charge is -2.46. The van der Waals surface area contributed by atoms with Gasteiger partial charge >= 0.3 is 0 Å². The van der Waals surface area contributed by atoms with E-state index in [1.807, 2.05) is 0 Å². The summed E-state index contributed by atoms with van der Waals surface area (Å²) in [7, 11) is 0. The summed E-state index contributed by atoms with van der Waals surface area (Å²) < 4.78 is 0. The van der Waals surface area contributed by atoms with Crippen LogP contribution in [0.15, 0.2) is 0 Å².